The minimum atomic E-state index is -0.966. The number of methoxy groups -OCH3 is 1. The Morgan fingerprint density at radius 2 is 2.00 bits per heavy atom. The summed E-state index contributed by atoms with van der Waals surface area (Å²) in [5, 5.41) is 12.6. The van der Waals surface area contributed by atoms with Crippen molar-refractivity contribution in [3.8, 4) is 5.75 Å². The summed E-state index contributed by atoms with van der Waals surface area (Å²) in [5.74, 6) is -1.13. The van der Waals surface area contributed by atoms with E-state index < -0.39 is 11.5 Å². The molecular formula is C20H22FNO4. The number of hydrogen-bond acceptors (Lipinski definition) is 4. The molecule has 3 rings (SSSR count). The molecule has 1 heterocycles. The molecule has 2 aromatic carbocycles. The predicted molar refractivity (Wildman–Crippen MR) is 94.9 cm³/mol. The first-order valence-corrected chi connectivity index (χ1v) is 8.54. The molecule has 0 aromatic heterocycles. The van der Waals surface area contributed by atoms with Crippen molar-refractivity contribution in [3.63, 3.8) is 0 Å². The van der Waals surface area contributed by atoms with Crippen molar-refractivity contribution in [1.29, 1.82) is 0 Å². The van der Waals surface area contributed by atoms with E-state index in [0.29, 0.717) is 38.2 Å². The highest BCUT2D eigenvalue weighted by Gasteiger charge is 2.37. The van der Waals surface area contributed by atoms with E-state index in [0.717, 1.165) is 5.56 Å². The molecule has 0 bridgehead atoms. The Bertz CT molecular complexity index is 787. The van der Waals surface area contributed by atoms with Crippen molar-refractivity contribution in [2.75, 3.05) is 20.3 Å². The van der Waals surface area contributed by atoms with Gasteiger partial charge >= 0.3 is 5.97 Å². The zero-order valence-electron chi connectivity index (χ0n) is 14.6. The highest BCUT2D eigenvalue weighted by Crippen LogP contribution is 2.36. The third kappa shape index (κ3) is 3.71. The minimum absolute atomic E-state index is 0.211. The Labute approximate surface area is 151 Å². The highest BCUT2D eigenvalue weighted by atomic mass is 19.1. The summed E-state index contributed by atoms with van der Waals surface area (Å²) < 4.78 is 25.5. The summed E-state index contributed by atoms with van der Waals surface area (Å²) in [4.78, 5) is 11.2. The van der Waals surface area contributed by atoms with E-state index in [1.165, 1.54) is 7.11 Å². The Morgan fingerprint density at radius 1 is 1.27 bits per heavy atom. The van der Waals surface area contributed by atoms with Crippen LogP contribution in [-0.4, -0.2) is 31.4 Å². The van der Waals surface area contributed by atoms with Gasteiger partial charge < -0.3 is 19.9 Å². The van der Waals surface area contributed by atoms with Crippen LogP contribution in [0.1, 0.15) is 34.3 Å². The molecule has 0 aliphatic carbocycles. The van der Waals surface area contributed by atoms with Gasteiger partial charge in [0.25, 0.3) is 0 Å². The van der Waals surface area contributed by atoms with Crippen LogP contribution in [0.25, 0.3) is 0 Å². The molecule has 0 radical (unpaired) electrons. The molecule has 138 valence electrons. The van der Waals surface area contributed by atoms with Crippen LogP contribution in [0.3, 0.4) is 0 Å². The number of hydrogen-bond donors (Lipinski definition) is 2. The lowest BCUT2D eigenvalue weighted by Gasteiger charge is -2.39. The lowest BCUT2D eigenvalue weighted by molar-refractivity contribution is 0.0342. The quantitative estimate of drug-likeness (QED) is 0.828. The Morgan fingerprint density at radius 3 is 2.69 bits per heavy atom. The first-order chi connectivity index (χ1) is 12.6. The van der Waals surface area contributed by atoms with E-state index in [4.69, 9.17) is 14.6 Å². The second-order valence-electron chi connectivity index (χ2n) is 6.38. The topological polar surface area (TPSA) is 67.8 Å². The number of carboxylic acid groups (broad SMARTS) is 1. The van der Waals surface area contributed by atoms with E-state index in [9.17, 15) is 9.18 Å². The molecular weight excluding hydrogens is 337 g/mol. The van der Waals surface area contributed by atoms with Gasteiger partial charge in [0, 0.05) is 25.3 Å². The van der Waals surface area contributed by atoms with Gasteiger partial charge in [-0.15, -0.1) is 0 Å². The normalized spacial score (nSPS) is 16.2. The van der Waals surface area contributed by atoms with Gasteiger partial charge in [-0.3, -0.25) is 0 Å². The van der Waals surface area contributed by atoms with E-state index >= 15 is 0 Å². The van der Waals surface area contributed by atoms with Gasteiger partial charge in [-0.25, -0.2) is 9.18 Å². The largest absolute Gasteiger partial charge is 0.494 e. The van der Waals surface area contributed by atoms with Crippen LogP contribution in [0, 0.1) is 5.82 Å². The van der Waals surface area contributed by atoms with Gasteiger partial charge in [-0.1, -0.05) is 24.3 Å². The zero-order valence-corrected chi connectivity index (χ0v) is 14.6. The number of aromatic carboxylic acids is 1. The molecule has 2 N–H and O–H groups in total. The molecule has 2 aromatic rings. The SMILES string of the molecule is COc1cccc(C2(NCc3cccc(C(=O)O)c3)CCOCC2)c1F. The van der Waals surface area contributed by atoms with Crippen LogP contribution in [0.2, 0.25) is 0 Å². The Balaban J connectivity index is 1.89. The predicted octanol–water partition coefficient (Wildman–Crippen LogP) is 3.33. The summed E-state index contributed by atoms with van der Waals surface area (Å²) in [6.07, 6.45) is 1.24. The Hall–Kier alpha value is -2.44. The van der Waals surface area contributed by atoms with Crippen molar-refractivity contribution in [1.82, 2.24) is 5.32 Å². The average Bonchev–Trinajstić information content (AvgIpc) is 2.67. The number of ether oxygens (including phenoxy) is 2. The lowest BCUT2D eigenvalue weighted by Crippen LogP contribution is -2.47. The van der Waals surface area contributed by atoms with Crippen molar-refractivity contribution in [2.24, 2.45) is 0 Å². The number of benzene rings is 2. The second-order valence-corrected chi connectivity index (χ2v) is 6.38. The van der Waals surface area contributed by atoms with Crippen LogP contribution in [0.15, 0.2) is 42.5 Å². The lowest BCUT2D eigenvalue weighted by atomic mass is 9.82. The number of halogens is 1. The van der Waals surface area contributed by atoms with E-state index in [-0.39, 0.29) is 17.1 Å². The molecule has 26 heavy (non-hydrogen) atoms. The smallest absolute Gasteiger partial charge is 0.335 e. The fourth-order valence-electron chi connectivity index (χ4n) is 3.38. The summed E-state index contributed by atoms with van der Waals surface area (Å²) in [6, 6.07) is 11.9. The van der Waals surface area contributed by atoms with Crippen molar-refractivity contribution in [3.05, 3.63) is 65.0 Å². The zero-order chi connectivity index (χ0) is 18.6. The van der Waals surface area contributed by atoms with Gasteiger partial charge in [0.2, 0.25) is 0 Å². The molecule has 0 atom stereocenters. The second kappa shape index (κ2) is 7.85. The molecule has 0 spiro atoms. The maximum Gasteiger partial charge on any atom is 0.335 e. The molecule has 5 nitrogen and oxygen atoms in total. The highest BCUT2D eigenvalue weighted by molar-refractivity contribution is 5.87. The molecule has 1 fully saturated rings. The molecule has 0 saturated carbocycles. The summed E-state index contributed by atoms with van der Waals surface area (Å²) in [5.41, 5.74) is 1.03. The van der Waals surface area contributed by atoms with Crippen LogP contribution < -0.4 is 10.1 Å². The molecule has 1 aliphatic heterocycles. The first kappa shape index (κ1) is 18.4. The maximum absolute atomic E-state index is 14.9. The minimum Gasteiger partial charge on any atom is -0.494 e. The van der Waals surface area contributed by atoms with Crippen molar-refractivity contribution >= 4 is 5.97 Å². The molecule has 1 aliphatic rings. The number of carbonyl (C=O) groups is 1. The number of carboxylic acids is 1. The van der Waals surface area contributed by atoms with Gasteiger partial charge in [0.05, 0.1) is 18.2 Å². The van der Waals surface area contributed by atoms with Gasteiger partial charge in [-0.2, -0.15) is 0 Å². The van der Waals surface area contributed by atoms with Gasteiger partial charge in [0.15, 0.2) is 11.6 Å². The van der Waals surface area contributed by atoms with E-state index in [2.05, 4.69) is 5.32 Å². The van der Waals surface area contributed by atoms with E-state index in [1.54, 1.807) is 36.4 Å². The van der Waals surface area contributed by atoms with Crippen LogP contribution in [0.4, 0.5) is 4.39 Å². The average molecular weight is 359 g/mol. The van der Waals surface area contributed by atoms with Crippen molar-refractivity contribution < 1.29 is 23.8 Å². The van der Waals surface area contributed by atoms with Crippen LogP contribution >= 0.6 is 0 Å². The summed E-state index contributed by atoms with van der Waals surface area (Å²) >= 11 is 0. The van der Waals surface area contributed by atoms with Crippen LogP contribution in [0.5, 0.6) is 5.75 Å². The molecule has 0 unspecified atom stereocenters. The Kier molecular flexibility index (Phi) is 5.54. The molecule has 0 amide bonds. The van der Waals surface area contributed by atoms with Crippen molar-refractivity contribution in [2.45, 2.75) is 24.9 Å². The standard InChI is InChI=1S/C20H22FNO4/c1-25-17-7-3-6-16(18(17)21)20(8-10-26-11-9-20)22-13-14-4-2-5-15(12-14)19(23)24/h2-7,12,22H,8-11,13H2,1H3,(H,23,24). The third-order valence-electron chi connectivity index (χ3n) is 4.85. The van der Waals surface area contributed by atoms with Gasteiger partial charge in [0.1, 0.15) is 0 Å². The third-order valence-corrected chi connectivity index (χ3v) is 4.85. The first-order valence-electron chi connectivity index (χ1n) is 8.54. The number of rotatable bonds is 6. The van der Waals surface area contributed by atoms with E-state index in [1.807, 2.05) is 6.07 Å². The molecule has 6 heteroatoms. The van der Waals surface area contributed by atoms with Crippen LogP contribution in [-0.2, 0) is 16.8 Å². The summed E-state index contributed by atoms with van der Waals surface area (Å²) in [7, 11) is 1.45. The monoisotopic (exact) mass is 359 g/mol. The summed E-state index contributed by atoms with van der Waals surface area (Å²) in [6.45, 7) is 1.48. The maximum atomic E-state index is 14.9. The fourth-order valence-corrected chi connectivity index (χ4v) is 3.38. The molecule has 1 saturated heterocycles. The van der Waals surface area contributed by atoms with Gasteiger partial charge in [-0.05, 0) is 36.6 Å². The fraction of sp³-hybridized carbons (Fsp3) is 0.350. The number of nitrogens with one attached hydrogen (secondary N) is 1.